The number of rotatable bonds is 8. The van der Waals surface area contributed by atoms with Gasteiger partial charge in [-0.05, 0) is 31.9 Å². The van der Waals surface area contributed by atoms with Gasteiger partial charge in [0.25, 0.3) is 0 Å². The van der Waals surface area contributed by atoms with Crippen LogP contribution < -0.4 is 10.6 Å². The highest BCUT2D eigenvalue weighted by Crippen LogP contribution is 2.17. The van der Waals surface area contributed by atoms with Crippen molar-refractivity contribution in [3.8, 4) is 0 Å². The number of aryl methyl sites for hydroxylation is 2. The summed E-state index contributed by atoms with van der Waals surface area (Å²) in [5, 5.41) is 7.45. The van der Waals surface area contributed by atoms with E-state index >= 15 is 0 Å². The summed E-state index contributed by atoms with van der Waals surface area (Å²) in [7, 11) is 0. The van der Waals surface area contributed by atoms with Gasteiger partial charge in [0.15, 0.2) is 5.96 Å². The predicted molar refractivity (Wildman–Crippen MR) is 105 cm³/mol. The van der Waals surface area contributed by atoms with E-state index in [9.17, 15) is 13.2 Å². The predicted octanol–water partition coefficient (Wildman–Crippen LogP) is 4.09. The molecule has 2 rings (SSSR count). The molecule has 0 saturated heterocycles. The molecule has 28 heavy (non-hydrogen) atoms. The van der Waals surface area contributed by atoms with Crippen molar-refractivity contribution in [2.75, 3.05) is 13.2 Å². The van der Waals surface area contributed by atoms with E-state index in [4.69, 9.17) is 0 Å². The average molecular weight is 414 g/mol. The van der Waals surface area contributed by atoms with Crippen LogP contribution in [0.25, 0.3) is 0 Å². The van der Waals surface area contributed by atoms with Crippen LogP contribution in [0.5, 0.6) is 0 Å². The van der Waals surface area contributed by atoms with Crippen LogP contribution in [0.3, 0.4) is 0 Å². The zero-order valence-electron chi connectivity index (χ0n) is 16.2. The molecule has 5 nitrogen and oxygen atoms in total. The number of benzene rings is 1. The van der Waals surface area contributed by atoms with Gasteiger partial charge < -0.3 is 15.4 Å². The molecule has 0 atom stereocenters. The van der Waals surface area contributed by atoms with Gasteiger partial charge in [-0.2, -0.15) is 13.2 Å². The van der Waals surface area contributed by atoms with Crippen LogP contribution in [0.1, 0.15) is 33.6 Å². The molecule has 0 aliphatic heterocycles. The Hall–Kier alpha value is -2.13. The maximum absolute atomic E-state index is 12.1. The molecule has 0 radical (unpaired) electrons. The van der Waals surface area contributed by atoms with Crippen molar-refractivity contribution in [1.29, 1.82) is 0 Å². The fourth-order valence-corrected chi connectivity index (χ4v) is 3.19. The third kappa shape index (κ3) is 7.85. The first kappa shape index (κ1) is 22.2. The van der Waals surface area contributed by atoms with Crippen molar-refractivity contribution in [2.45, 2.75) is 46.6 Å². The van der Waals surface area contributed by atoms with Gasteiger partial charge in [-0.1, -0.05) is 24.3 Å². The smallest absolute Gasteiger partial charge is 0.367 e. The van der Waals surface area contributed by atoms with E-state index in [-0.39, 0.29) is 6.61 Å². The lowest BCUT2D eigenvalue weighted by Gasteiger charge is -2.10. The van der Waals surface area contributed by atoms with Gasteiger partial charge >= 0.3 is 6.18 Å². The standard InChI is InChI=1S/C19H25F3N4OS/c1-4-23-18(25-10-17-26-13(2)14(3)28-17)24-9-15-5-7-16(8-6-15)11-27-12-19(20,21)22/h5-8H,4,9-12H2,1-3H3,(H2,23,24,25). The van der Waals surface area contributed by atoms with Crippen molar-refractivity contribution in [2.24, 2.45) is 4.99 Å². The second-order valence-electron chi connectivity index (χ2n) is 6.22. The molecule has 0 aliphatic rings. The number of aliphatic imine (C=N–C) groups is 1. The Morgan fingerprint density at radius 3 is 2.39 bits per heavy atom. The normalized spacial score (nSPS) is 12.3. The highest BCUT2D eigenvalue weighted by atomic mass is 32.1. The van der Waals surface area contributed by atoms with Crippen LogP contribution in [0.15, 0.2) is 29.3 Å². The van der Waals surface area contributed by atoms with Gasteiger partial charge in [0.05, 0.1) is 25.4 Å². The lowest BCUT2D eigenvalue weighted by atomic mass is 10.1. The summed E-state index contributed by atoms with van der Waals surface area (Å²) in [5.41, 5.74) is 2.69. The first-order chi connectivity index (χ1) is 13.3. The van der Waals surface area contributed by atoms with E-state index in [1.54, 1.807) is 23.5 Å². The van der Waals surface area contributed by atoms with Gasteiger partial charge in [0.2, 0.25) is 0 Å². The van der Waals surface area contributed by atoms with Crippen LogP contribution in [0, 0.1) is 13.8 Å². The SMILES string of the molecule is CCNC(=NCc1ccc(COCC(F)(F)F)cc1)NCc1nc(C)c(C)s1. The summed E-state index contributed by atoms with van der Waals surface area (Å²) in [6.07, 6.45) is -4.31. The highest BCUT2D eigenvalue weighted by Gasteiger charge is 2.27. The molecule has 9 heteroatoms. The van der Waals surface area contributed by atoms with Crippen molar-refractivity contribution >= 4 is 17.3 Å². The molecular weight excluding hydrogens is 389 g/mol. The van der Waals surface area contributed by atoms with E-state index in [0.717, 1.165) is 22.8 Å². The zero-order chi connectivity index (χ0) is 20.6. The summed E-state index contributed by atoms with van der Waals surface area (Å²) >= 11 is 1.66. The first-order valence-corrected chi connectivity index (χ1v) is 9.76. The van der Waals surface area contributed by atoms with E-state index in [1.165, 1.54) is 4.88 Å². The summed E-state index contributed by atoms with van der Waals surface area (Å²) in [5.74, 6) is 0.686. The minimum Gasteiger partial charge on any atom is -0.367 e. The summed E-state index contributed by atoms with van der Waals surface area (Å²) < 4.78 is 41.0. The Kier molecular flexibility index (Phi) is 8.25. The fraction of sp³-hybridized carbons (Fsp3) is 0.474. The number of nitrogens with zero attached hydrogens (tertiary/aromatic N) is 2. The quantitative estimate of drug-likeness (QED) is 0.505. The minimum atomic E-state index is -4.31. The lowest BCUT2D eigenvalue weighted by Crippen LogP contribution is -2.36. The van der Waals surface area contributed by atoms with Crippen LogP contribution in [0.2, 0.25) is 0 Å². The molecule has 0 fully saturated rings. The number of alkyl halides is 3. The van der Waals surface area contributed by atoms with Gasteiger partial charge in [-0.15, -0.1) is 11.3 Å². The molecule has 2 N–H and O–H groups in total. The van der Waals surface area contributed by atoms with Crippen molar-refractivity contribution in [3.63, 3.8) is 0 Å². The molecule has 0 amide bonds. The second-order valence-corrected chi connectivity index (χ2v) is 7.51. The third-order valence-corrected chi connectivity index (χ3v) is 4.87. The topological polar surface area (TPSA) is 58.5 Å². The Bertz CT molecular complexity index is 753. The van der Waals surface area contributed by atoms with Gasteiger partial charge in [0.1, 0.15) is 11.6 Å². The van der Waals surface area contributed by atoms with E-state index < -0.39 is 12.8 Å². The maximum Gasteiger partial charge on any atom is 0.411 e. The zero-order valence-corrected chi connectivity index (χ0v) is 17.0. The first-order valence-electron chi connectivity index (χ1n) is 8.94. The van der Waals surface area contributed by atoms with Crippen LogP contribution in [-0.2, 0) is 24.4 Å². The molecule has 154 valence electrons. The molecule has 1 aromatic heterocycles. The average Bonchev–Trinajstić information content (AvgIpc) is 2.95. The Balaban J connectivity index is 1.87. The molecule has 0 spiro atoms. The molecule has 1 aromatic carbocycles. The maximum atomic E-state index is 12.1. The Morgan fingerprint density at radius 1 is 1.14 bits per heavy atom. The van der Waals surface area contributed by atoms with Crippen molar-refractivity contribution < 1.29 is 17.9 Å². The molecule has 0 bridgehead atoms. The minimum absolute atomic E-state index is 0.0695. The lowest BCUT2D eigenvalue weighted by molar-refractivity contribution is -0.176. The molecule has 0 saturated carbocycles. The number of nitrogens with one attached hydrogen (secondary N) is 2. The van der Waals surface area contributed by atoms with Crippen LogP contribution in [0.4, 0.5) is 13.2 Å². The molecule has 0 unspecified atom stereocenters. The number of halogens is 3. The Labute approximate surface area is 167 Å². The summed E-state index contributed by atoms with van der Waals surface area (Å²) in [6, 6.07) is 7.19. The number of ether oxygens (including phenoxy) is 1. The van der Waals surface area contributed by atoms with Crippen molar-refractivity contribution in [1.82, 2.24) is 15.6 Å². The number of aromatic nitrogens is 1. The van der Waals surface area contributed by atoms with E-state index in [1.807, 2.05) is 32.9 Å². The van der Waals surface area contributed by atoms with E-state index in [2.05, 4.69) is 25.3 Å². The fourth-order valence-electron chi connectivity index (χ4n) is 2.31. The van der Waals surface area contributed by atoms with Gasteiger partial charge in [0, 0.05) is 11.4 Å². The summed E-state index contributed by atoms with van der Waals surface area (Å²) in [4.78, 5) is 10.3. The molecule has 1 heterocycles. The number of thiazole rings is 1. The van der Waals surface area contributed by atoms with Crippen LogP contribution in [-0.4, -0.2) is 30.3 Å². The van der Waals surface area contributed by atoms with Crippen molar-refractivity contribution in [3.05, 3.63) is 51.0 Å². The number of guanidine groups is 1. The van der Waals surface area contributed by atoms with Crippen LogP contribution >= 0.6 is 11.3 Å². The highest BCUT2D eigenvalue weighted by molar-refractivity contribution is 7.11. The largest absolute Gasteiger partial charge is 0.411 e. The molecule has 0 aliphatic carbocycles. The molecular formula is C19H25F3N4OS. The van der Waals surface area contributed by atoms with Gasteiger partial charge in [-0.3, -0.25) is 0 Å². The van der Waals surface area contributed by atoms with E-state index in [0.29, 0.717) is 24.6 Å². The monoisotopic (exact) mass is 414 g/mol. The number of hydrogen-bond acceptors (Lipinski definition) is 4. The van der Waals surface area contributed by atoms with Gasteiger partial charge in [-0.25, -0.2) is 9.98 Å². The summed E-state index contributed by atoms with van der Waals surface area (Å²) in [6.45, 7) is 6.51. The Morgan fingerprint density at radius 2 is 1.82 bits per heavy atom. The third-order valence-electron chi connectivity index (χ3n) is 3.80. The number of hydrogen-bond donors (Lipinski definition) is 2. The second kappa shape index (κ2) is 10.4. The molecule has 2 aromatic rings.